The summed E-state index contributed by atoms with van der Waals surface area (Å²) in [5.74, 6) is -0.592. The van der Waals surface area contributed by atoms with Gasteiger partial charge in [-0.05, 0) is 31.2 Å². The molecule has 2 unspecified atom stereocenters. The van der Waals surface area contributed by atoms with E-state index in [0.717, 1.165) is 0 Å². The molecule has 110 valence electrons. The van der Waals surface area contributed by atoms with E-state index in [2.05, 4.69) is 10.6 Å². The minimum Gasteiger partial charge on any atom is -0.386 e. The number of nitrogens with one attached hydrogen (secondary N) is 2. The van der Waals surface area contributed by atoms with Crippen LogP contribution in [0.25, 0.3) is 0 Å². The number of carbonyl (C=O) groups is 1. The summed E-state index contributed by atoms with van der Waals surface area (Å²) in [6.45, 7) is 2.71. The molecule has 5 nitrogen and oxygen atoms in total. The molecular formula is C14H19FN2O3. The highest BCUT2D eigenvalue weighted by molar-refractivity contribution is 5.92. The van der Waals surface area contributed by atoms with Crippen molar-refractivity contribution < 1.29 is 19.0 Å². The highest BCUT2D eigenvalue weighted by Crippen LogP contribution is 2.24. The molecule has 1 heterocycles. The maximum absolute atomic E-state index is 12.7. The maximum atomic E-state index is 12.7. The molecule has 0 saturated carbocycles. The first-order valence-electron chi connectivity index (χ1n) is 6.60. The third-order valence-corrected chi connectivity index (χ3v) is 3.50. The van der Waals surface area contributed by atoms with Crippen LogP contribution in [0.4, 0.5) is 10.1 Å². The number of anilines is 1. The molecule has 0 radical (unpaired) electrons. The molecule has 1 fully saturated rings. The lowest BCUT2D eigenvalue weighted by atomic mass is 9.97. The molecule has 6 heteroatoms. The average Bonchev–Trinajstić information content (AvgIpc) is 2.73. The van der Waals surface area contributed by atoms with Crippen LogP contribution in [0.3, 0.4) is 0 Å². The summed E-state index contributed by atoms with van der Waals surface area (Å²) in [4.78, 5) is 11.7. The van der Waals surface area contributed by atoms with Gasteiger partial charge in [-0.25, -0.2) is 4.39 Å². The van der Waals surface area contributed by atoms with E-state index in [4.69, 9.17) is 4.74 Å². The Morgan fingerprint density at radius 1 is 1.50 bits per heavy atom. The van der Waals surface area contributed by atoms with Crippen molar-refractivity contribution in [2.24, 2.45) is 0 Å². The van der Waals surface area contributed by atoms with Gasteiger partial charge in [0.2, 0.25) is 5.91 Å². The van der Waals surface area contributed by atoms with Crippen molar-refractivity contribution in [1.29, 1.82) is 0 Å². The van der Waals surface area contributed by atoms with E-state index in [0.29, 0.717) is 25.3 Å². The largest absolute Gasteiger partial charge is 0.386 e. The van der Waals surface area contributed by atoms with E-state index in [9.17, 15) is 14.3 Å². The average molecular weight is 282 g/mol. The summed E-state index contributed by atoms with van der Waals surface area (Å²) in [5, 5.41) is 15.8. The first kappa shape index (κ1) is 14.9. The fraction of sp³-hybridized carbons (Fsp3) is 0.500. The molecule has 2 rings (SSSR count). The van der Waals surface area contributed by atoms with E-state index in [-0.39, 0.29) is 24.4 Å². The monoisotopic (exact) mass is 282 g/mol. The molecular weight excluding hydrogens is 263 g/mol. The van der Waals surface area contributed by atoms with Crippen molar-refractivity contribution in [2.75, 3.05) is 25.0 Å². The Kier molecular flexibility index (Phi) is 4.69. The zero-order chi connectivity index (χ0) is 14.6. The van der Waals surface area contributed by atoms with Crippen LogP contribution in [0.2, 0.25) is 0 Å². The topological polar surface area (TPSA) is 70.6 Å². The Labute approximate surface area is 117 Å². The van der Waals surface area contributed by atoms with Crippen molar-refractivity contribution in [1.82, 2.24) is 5.32 Å². The van der Waals surface area contributed by atoms with Crippen molar-refractivity contribution in [2.45, 2.75) is 25.0 Å². The van der Waals surface area contributed by atoms with E-state index in [1.54, 1.807) is 0 Å². The third-order valence-electron chi connectivity index (χ3n) is 3.50. The fourth-order valence-corrected chi connectivity index (χ4v) is 2.13. The Hall–Kier alpha value is -1.50. The molecule has 0 aromatic heterocycles. The highest BCUT2D eigenvalue weighted by Gasteiger charge is 2.39. The van der Waals surface area contributed by atoms with Crippen LogP contribution >= 0.6 is 0 Å². The first-order valence-corrected chi connectivity index (χ1v) is 6.60. The van der Waals surface area contributed by atoms with Gasteiger partial charge in [-0.15, -0.1) is 0 Å². The molecule has 3 N–H and O–H groups in total. The van der Waals surface area contributed by atoms with Gasteiger partial charge in [0, 0.05) is 25.3 Å². The van der Waals surface area contributed by atoms with Gasteiger partial charge in [-0.2, -0.15) is 0 Å². The van der Waals surface area contributed by atoms with Gasteiger partial charge in [0.25, 0.3) is 0 Å². The van der Waals surface area contributed by atoms with Crippen LogP contribution in [0.1, 0.15) is 13.3 Å². The Balaban J connectivity index is 1.74. The maximum Gasteiger partial charge on any atom is 0.238 e. The number of rotatable bonds is 5. The second kappa shape index (κ2) is 6.30. The lowest BCUT2D eigenvalue weighted by molar-refractivity contribution is -0.115. The summed E-state index contributed by atoms with van der Waals surface area (Å²) in [7, 11) is 0. The van der Waals surface area contributed by atoms with E-state index < -0.39 is 5.60 Å². The molecule has 0 spiro atoms. The Morgan fingerprint density at radius 3 is 2.80 bits per heavy atom. The second-order valence-corrected chi connectivity index (χ2v) is 5.03. The van der Waals surface area contributed by atoms with Crippen molar-refractivity contribution >= 4 is 11.6 Å². The Morgan fingerprint density at radius 2 is 2.20 bits per heavy atom. The summed E-state index contributed by atoms with van der Waals surface area (Å²) in [5.41, 5.74) is -0.384. The van der Waals surface area contributed by atoms with Gasteiger partial charge in [-0.1, -0.05) is 0 Å². The normalized spacial score (nSPS) is 25.6. The predicted octanol–water partition coefficient (Wildman–Crippen LogP) is 0.894. The van der Waals surface area contributed by atoms with Gasteiger partial charge in [0.1, 0.15) is 11.4 Å². The molecule has 1 saturated heterocycles. The molecule has 20 heavy (non-hydrogen) atoms. The first-order chi connectivity index (χ1) is 9.49. The van der Waals surface area contributed by atoms with Gasteiger partial charge < -0.3 is 20.5 Å². The number of aliphatic hydroxyl groups is 1. The number of halogens is 1. The summed E-state index contributed by atoms with van der Waals surface area (Å²) < 4.78 is 18.0. The summed E-state index contributed by atoms with van der Waals surface area (Å²) in [6.07, 6.45) is 0.316. The van der Waals surface area contributed by atoms with Crippen molar-refractivity contribution in [3.05, 3.63) is 30.1 Å². The van der Waals surface area contributed by atoms with Crippen LogP contribution in [0.15, 0.2) is 24.3 Å². The second-order valence-electron chi connectivity index (χ2n) is 5.03. The number of ether oxygens (including phenoxy) is 1. The predicted molar refractivity (Wildman–Crippen MR) is 72.9 cm³/mol. The number of amides is 1. The molecule has 1 aliphatic rings. The minimum atomic E-state index is -0.920. The number of carbonyl (C=O) groups excluding carboxylic acids is 1. The van der Waals surface area contributed by atoms with Crippen LogP contribution < -0.4 is 10.6 Å². The smallest absolute Gasteiger partial charge is 0.238 e. The molecule has 0 bridgehead atoms. The van der Waals surface area contributed by atoms with Crippen LogP contribution in [-0.2, 0) is 9.53 Å². The Bertz CT molecular complexity index is 466. The quantitative estimate of drug-likeness (QED) is 0.750. The van der Waals surface area contributed by atoms with Crippen LogP contribution in [0.5, 0.6) is 0 Å². The third kappa shape index (κ3) is 3.75. The van der Waals surface area contributed by atoms with Gasteiger partial charge >= 0.3 is 0 Å². The van der Waals surface area contributed by atoms with Crippen molar-refractivity contribution in [3.63, 3.8) is 0 Å². The van der Waals surface area contributed by atoms with E-state index in [1.807, 2.05) is 6.92 Å². The molecule has 2 atom stereocenters. The SMILES string of the molecule is CC1OCCC1(O)CNCC(=O)Nc1ccc(F)cc1. The van der Waals surface area contributed by atoms with E-state index >= 15 is 0 Å². The summed E-state index contributed by atoms with van der Waals surface area (Å²) >= 11 is 0. The van der Waals surface area contributed by atoms with Crippen molar-refractivity contribution in [3.8, 4) is 0 Å². The molecule has 1 amide bonds. The molecule has 1 aromatic carbocycles. The standard InChI is InChI=1S/C14H19FN2O3/c1-10-14(19,6-7-20-10)9-16-8-13(18)17-12-4-2-11(15)3-5-12/h2-5,10,16,19H,6-9H2,1H3,(H,17,18). The number of hydrogen-bond donors (Lipinski definition) is 3. The van der Waals surface area contributed by atoms with Crippen LogP contribution in [0, 0.1) is 5.82 Å². The molecule has 1 aliphatic heterocycles. The molecule has 0 aliphatic carbocycles. The van der Waals surface area contributed by atoms with Gasteiger partial charge in [0.15, 0.2) is 0 Å². The number of hydrogen-bond acceptors (Lipinski definition) is 4. The lowest BCUT2D eigenvalue weighted by Crippen LogP contribution is -2.47. The minimum absolute atomic E-state index is 0.0758. The van der Waals surface area contributed by atoms with Gasteiger partial charge in [-0.3, -0.25) is 4.79 Å². The van der Waals surface area contributed by atoms with Gasteiger partial charge in [0.05, 0.1) is 12.6 Å². The molecule has 1 aromatic rings. The number of benzene rings is 1. The van der Waals surface area contributed by atoms with Crippen LogP contribution in [-0.4, -0.2) is 42.4 Å². The van der Waals surface area contributed by atoms with E-state index in [1.165, 1.54) is 24.3 Å². The summed E-state index contributed by atoms with van der Waals surface area (Å²) in [6, 6.07) is 5.55. The zero-order valence-corrected chi connectivity index (χ0v) is 11.4. The fourth-order valence-electron chi connectivity index (χ4n) is 2.13. The lowest BCUT2D eigenvalue weighted by Gasteiger charge is -2.26. The highest BCUT2D eigenvalue weighted by atomic mass is 19.1. The zero-order valence-electron chi connectivity index (χ0n) is 11.4.